The quantitative estimate of drug-likeness (QED) is 0.840. The van der Waals surface area contributed by atoms with E-state index in [4.69, 9.17) is 0 Å². The van der Waals surface area contributed by atoms with Gasteiger partial charge < -0.3 is 10.2 Å². The van der Waals surface area contributed by atoms with Gasteiger partial charge in [-0.15, -0.1) is 0 Å². The Morgan fingerprint density at radius 3 is 2.44 bits per heavy atom. The fraction of sp³-hybridized carbons (Fsp3) is 0.350. The molecule has 1 aromatic heterocycles. The van der Waals surface area contributed by atoms with E-state index in [1.165, 1.54) is 0 Å². The van der Waals surface area contributed by atoms with Gasteiger partial charge in [0.25, 0.3) is 11.8 Å². The highest BCUT2D eigenvalue weighted by atomic mass is 16.2. The molecular formula is C20H25N3O2. The number of rotatable bonds is 7. The molecular weight excluding hydrogens is 314 g/mol. The number of aromatic nitrogens is 1. The number of benzene rings is 1. The van der Waals surface area contributed by atoms with E-state index in [1.54, 1.807) is 30.1 Å². The van der Waals surface area contributed by atoms with Crippen molar-refractivity contribution in [3.63, 3.8) is 0 Å². The molecule has 2 rings (SSSR count). The highest BCUT2D eigenvalue weighted by Crippen LogP contribution is 2.12. The lowest BCUT2D eigenvalue weighted by Crippen LogP contribution is -2.30. The summed E-state index contributed by atoms with van der Waals surface area (Å²) in [5.74, 6) is -0.457. The van der Waals surface area contributed by atoms with Crippen LogP contribution in [-0.2, 0) is 0 Å². The number of nitrogens with zero attached hydrogens (tertiary/aromatic N) is 2. The lowest BCUT2D eigenvalue weighted by molar-refractivity contribution is 0.0787. The van der Waals surface area contributed by atoms with Crippen molar-refractivity contribution in [1.29, 1.82) is 0 Å². The van der Waals surface area contributed by atoms with E-state index in [1.807, 2.05) is 37.3 Å². The van der Waals surface area contributed by atoms with Crippen LogP contribution in [0.5, 0.6) is 0 Å². The van der Waals surface area contributed by atoms with Gasteiger partial charge in [-0.2, -0.15) is 0 Å². The fourth-order valence-electron chi connectivity index (χ4n) is 2.47. The van der Waals surface area contributed by atoms with Gasteiger partial charge in [-0.25, -0.2) is 4.98 Å². The van der Waals surface area contributed by atoms with Gasteiger partial charge in [0.1, 0.15) is 11.4 Å². The Balaban J connectivity index is 2.07. The zero-order valence-electron chi connectivity index (χ0n) is 15.0. The Labute approximate surface area is 149 Å². The summed E-state index contributed by atoms with van der Waals surface area (Å²) in [5, 5.41) is 2.92. The van der Waals surface area contributed by atoms with Crippen molar-refractivity contribution in [3.8, 4) is 0 Å². The van der Waals surface area contributed by atoms with Gasteiger partial charge in [0.2, 0.25) is 0 Å². The van der Waals surface area contributed by atoms with Gasteiger partial charge >= 0.3 is 0 Å². The number of hydrogen-bond donors (Lipinski definition) is 1. The zero-order valence-corrected chi connectivity index (χ0v) is 15.0. The van der Waals surface area contributed by atoms with Crippen LogP contribution < -0.4 is 5.32 Å². The van der Waals surface area contributed by atoms with E-state index in [-0.39, 0.29) is 23.6 Å². The Morgan fingerprint density at radius 2 is 1.76 bits per heavy atom. The number of amides is 2. The lowest BCUT2D eigenvalue weighted by atomic mass is 10.1. The zero-order chi connectivity index (χ0) is 18.2. The molecule has 0 bridgehead atoms. The van der Waals surface area contributed by atoms with E-state index in [0.29, 0.717) is 12.2 Å². The second kappa shape index (κ2) is 8.97. The summed E-state index contributed by atoms with van der Waals surface area (Å²) in [6.45, 7) is 4.68. The van der Waals surface area contributed by atoms with E-state index in [9.17, 15) is 9.59 Å². The second-order valence-electron chi connectivity index (χ2n) is 6.09. The van der Waals surface area contributed by atoms with E-state index >= 15 is 0 Å². The molecule has 5 heteroatoms. The molecule has 1 heterocycles. The number of nitrogens with one attached hydrogen (secondary N) is 1. The Kier molecular flexibility index (Phi) is 6.69. The van der Waals surface area contributed by atoms with Crippen LogP contribution in [0.1, 0.15) is 59.3 Å². The fourth-order valence-corrected chi connectivity index (χ4v) is 2.47. The summed E-state index contributed by atoms with van der Waals surface area (Å²) in [6, 6.07) is 14.5. The largest absolute Gasteiger partial charge is 0.344 e. The normalized spacial score (nSPS) is 11.6. The van der Waals surface area contributed by atoms with Gasteiger partial charge in [-0.05, 0) is 31.0 Å². The maximum atomic E-state index is 12.4. The van der Waals surface area contributed by atoms with Crippen molar-refractivity contribution in [1.82, 2.24) is 15.2 Å². The van der Waals surface area contributed by atoms with Gasteiger partial charge in [-0.3, -0.25) is 9.59 Å². The highest BCUT2D eigenvalue weighted by Gasteiger charge is 2.17. The first-order chi connectivity index (χ1) is 12.0. The van der Waals surface area contributed by atoms with Crippen LogP contribution in [0.3, 0.4) is 0 Å². The van der Waals surface area contributed by atoms with Crippen LogP contribution in [-0.4, -0.2) is 35.3 Å². The molecule has 0 spiro atoms. The molecule has 0 saturated carbocycles. The van der Waals surface area contributed by atoms with Gasteiger partial charge in [0, 0.05) is 13.6 Å². The molecule has 25 heavy (non-hydrogen) atoms. The molecule has 0 aliphatic rings. The maximum absolute atomic E-state index is 12.4. The summed E-state index contributed by atoms with van der Waals surface area (Å²) in [5.41, 5.74) is 1.55. The standard InChI is InChI=1S/C20H25N3O2/c1-4-5-14-23(3)20(25)18-13-9-12-17(22-18)19(24)21-15(2)16-10-7-6-8-11-16/h6-13,15H,4-5,14H2,1-3H3,(H,21,24). The van der Waals surface area contributed by atoms with Crippen molar-refractivity contribution in [2.24, 2.45) is 0 Å². The molecule has 1 atom stereocenters. The lowest BCUT2D eigenvalue weighted by Gasteiger charge is -2.17. The molecule has 0 radical (unpaired) electrons. The van der Waals surface area contributed by atoms with Crippen molar-refractivity contribution in [3.05, 3.63) is 65.5 Å². The molecule has 0 saturated heterocycles. The molecule has 2 amide bonds. The van der Waals surface area contributed by atoms with Crippen LogP contribution >= 0.6 is 0 Å². The van der Waals surface area contributed by atoms with Crippen LogP contribution in [0.2, 0.25) is 0 Å². The summed E-state index contributed by atoms with van der Waals surface area (Å²) in [6.07, 6.45) is 1.96. The molecule has 5 nitrogen and oxygen atoms in total. The number of pyridine rings is 1. The topological polar surface area (TPSA) is 62.3 Å². The average molecular weight is 339 g/mol. The van der Waals surface area contributed by atoms with Gasteiger partial charge in [0.05, 0.1) is 6.04 Å². The Hall–Kier alpha value is -2.69. The smallest absolute Gasteiger partial charge is 0.272 e. The van der Waals surface area contributed by atoms with Crippen LogP contribution in [0, 0.1) is 0 Å². The molecule has 0 aliphatic carbocycles. The number of carbonyl (C=O) groups excluding carboxylic acids is 2. The van der Waals surface area contributed by atoms with Crippen LogP contribution in [0.25, 0.3) is 0 Å². The molecule has 132 valence electrons. The molecule has 1 unspecified atom stereocenters. The second-order valence-corrected chi connectivity index (χ2v) is 6.09. The van der Waals surface area contributed by atoms with Crippen molar-refractivity contribution in [2.45, 2.75) is 32.7 Å². The van der Waals surface area contributed by atoms with Crippen molar-refractivity contribution < 1.29 is 9.59 Å². The third-order valence-electron chi connectivity index (χ3n) is 4.04. The summed E-state index contributed by atoms with van der Waals surface area (Å²) >= 11 is 0. The molecule has 1 N–H and O–H groups in total. The van der Waals surface area contributed by atoms with E-state index < -0.39 is 0 Å². The SMILES string of the molecule is CCCCN(C)C(=O)c1cccc(C(=O)NC(C)c2ccccc2)n1. The first-order valence-electron chi connectivity index (χ1n) is 8.61. The first-order valence-corrected chi connectivity index (χ1v) is 8.61. The number of hydrogen-bond acceptors (Lipinski definition) is 3. The van der Waals surface area contributed by atoms with Crippen LogP contribution in [0.15, 0.2) is 48.5 Å². The summed E-state index contributed by atoms with van der Waals surface area (Å²) in [7, 11) is 1.75. The highest BCUT2D eigenvalue weighted by molar-refractivity contribution is 5.96. The van der Waals surface area contributed by atoms with Crippen molar-refractivity contribution >= 4 is 11.8 Å². The molecule has 2 aromatic rings. The van der Waals surface area contributed by atoms with Crippen molar-refractivity contribution in [2.75, 3.05) is 13.6 Å². The van der Waals surface area contributed by atoms with Gasteiger partial charge in [-0.1, -0.05) is 49.7 Å². The minimum atomic E-state index is -0.290. The first kappa shape index (κ1) is 18.6. The average Bonchev–Trinajstić information content (AvgIpc) is 2.66. The minimum absolute atomic E-state index is 0.137. The Morgan fingerprint density at radius 1 is 1.08 bits per heavy atom. The third-order valence-corrected chi connectivity index (χ3v) is 4.04. The molecule has 0 fully saturated rings. The number of carbonyl (C=O) groups is 2. The van der Waals surface area contributed by atoms with Gasteiger partial charge in [0.15, 0.2) is 0 Å². The summed E-state index contributed by atoms with van der Waals surface area (Å²) < 4.78 is 0. The predicted octanol–water partition coefficient (Wildman–Crippen LogP) is 3.44. The maximum Gasteiger partial charge on any atom is 0.272 e. The number of unbranched alkanes of at least 4 members (excludes halogenated alkanes) is 1. The Bertz CT molecular complexity index is 716. The molecule has 0 aliphatic heterocycles. The van der Waals surface area contributed by atoms with E-state index in [0.717, 1.165) is 18.4 Å². The molecule has 1 aromatic carbocycles. The third kappa shape index (κ3) is 5.14. The predicted molar refractivity (Wildman–Crippen MR) is 98.4 cm³/mol. The monoisotopic (exact) mass is 339 g/mol. The minimum Gasteiger partial charge on any atom is -0.344 e. The summed E-state index contributed by atoms with van der Waals surface area (Å²) in [4.78, 5) is 30.7. The van der Waals surface area contributed by atoms with Crippen LogP contribution in [0.4, 0.5) is 0 Å². The van der Waals surface area contributed by atoms with E-state index in [2.05, 4.69) is 17.2 Å².